The predicted octanol–water partition coefficient (Wildman–Crippen LogP) is 3.79. The lowest BCUT2D eigenvalue weighted by Crippen LogP contribution is -2.44. The second-order valence-corrected chi connectivity index (χ2v) is 8.44. The highest BCUT2D eigenvalue weighted by atomic mass is 16.5. The summed E-state index contributed by atoms with van der Waals surface area (Å²) in [6.45, 7) is 1.62. The van der Waals surface area contributed by atoms with Crippen LogP contribution in [0.25, 0.3) is 0 Å². The number of nitrogens with zero attached hydrogens (tertiary/aromatic N) is 1. The van der Waals surface area contributed by atoms with Gasteiger partial charge in [-0.05, 0) is 61.2 Å². The second-order valence-electron chi connectivity index (χ2n) is 8.44. The standard InChI is InChI=1S/C27H29N3O5/c31-25(28-21-11-13-22(14-12-21)30-15-5-2-6-16-30)19-35-27(33)23(18-20-8-3-1-4-9-20)29-26(32)24-10-7-17-34-24/h1,3-4,7-14,17,23H,2,5-6,15-16,18-19H2,(H,28,31)(H,29,32)/t23-/m0/s1. The van der Waals surface area contributed by atoms with E-state index in [1.165, 1.54) is 31.6 Å². The van der Waals surface area contributed by atoms with E-state index in [2.05, 4.69) is 15.5 Å². The minimum absolute atomic E-state index is 0.0848. The van der Waals surface area contributed by atoms with Crippen LogP contribution in [-0.4, -0.2) is 43.5 Å². The molecule has 8 nitrogen and oxygen atoms in total. The summed E-state index contributed by atoms with van der Waals surface area (Å²) in [5.74, 6) is -1.61. The number of hydrogen-bond donors (Lipinski definition) is 2. The van der Waals surface area contributed by atoms with Gasteiger partial charge in [0.1, 0.15) is 6.04 Å². The second kappa shape index (κ2) is 11.9. The Bertz CT molecular complexity index is 1110. The van der Waals surface area contributed by atoms with Crippen molar-refractivity contribution in [3.63, 3.8) is 0 Å². The van der Waals surface area contributed by atoms with E-state index >= 15 is 0 Å². The average molecular weight is 476 g/mol. The molecule has 1 aliphatic rings. The summed E-state index contributed by atoms with van der Waals surface area (Å²) >= 11 is 0. The van der Waals surface area contributed by atoms with Gasteiger partial charge in [0.2, 0.25) is 0 Å². The average Bonchev–Trinajstić information content (AvgIpc) is 3.44. The van der Waals surface area contributed by atoms with Crippen LogP contribution >= 0.6 is 0 Å². The van der Waals surface area contributed by atoms with E-state index in [1.54, 1.807) is 6.07 Å². The number of nitrogens with one attached hydrogen (secondary N) is 2. The van der Waals surface area contributed by atoms with Crippen molar-refractivity contribution in [1.82, 2.24) is 5.32 Å². The van der Waals surface area contributed by atoms with Crippen molar-refractivity contribution in [2.75, 3.05) is 29.9 Å². The first kappa shape index (κ1) is 24.1. The first-order chi connectivity index (χ1) is 17.1. The quantitative estimate of drug-likeness (QED) is 0.457. The molecule has 2 heterocycles. The number of furan rings is 1. The summed E-state index contributed by atoms with van der Waals surface area (Å²) in [6, 6.07) is 19.0. The number of carbonyl (C=O) groups is 3. The third-order valence-corrected chi connectivity index (χ3v) is 5.84. The highest BCUT2D eigenvalue weighted by Crippen LogP contribution is 2.21. The molecule has 1 fully saturated rings. The van der Waals surface area contributed by atoms with Crippen molar-refractivity contribution < 1.29 is 23.5 Å². The van der Waals surface area contributed by atoms with E-state index in [9.17, 15) is 14.4 Å². The van der Waals surface area contributed by atoms with Gasteiger partial charge in [-0.2, -0.15) is 0 Å². The molecule has 8 heteroatoms. The molecule has 1 aromatic heterocycles. The van der Waals surface area contributed by atoms with Gasteiger partial charge in [0.05, 0.1) is 6.26 Å². The molecule has 4 rings (SSSR count). The first-order valence-corrected chi connectivity index (χ1v) is 11.8. The number of anilines is 2. The summed E-state index contributed by atoms with van der Waals surface area (Å²) < 4.78 is 10.3. The summed E-state index contributed by atoms with van der Waals surface area (Å²) in [6.07, 6.45) is 5.24. The van der Waals surface area contributed by atoms with Gasteiger partial charge >= 0.3 is 5.97 Å². The molecular formula is C27H29N3O5. The highest BCUT2D eigenvalue weighted by molar-refractivity contribution is 5.96. The van der Waals surface area contributed by atoms with Gasteiger partial charge in [-0.3, -0.25) is 9.59 Å². The minimum atomic E-state index is -0.980. The van der Waals surface area contributed by atoms with Crippen LogP contribution in [0.4, 0.5) is 11.4 Å². The Balaban J connectivity index is 1.32. The molecule has 2 amide bonds. The van der Waals surface area contributed by atoms with E-state index in [0.717, 1.165) is 24.3 Å². The zero-order valence-electron chi connectivity index (χ0n) is 19.4. The van der Waals surface area contributed by atoms with Crippen LogP contribution in [0.5, 0.6) is 0 Å². The Kier molecular flexibility index (Phi) is 8.17. The van der Waals surface area contributed by atoms with Gasteiger partial charge in [0.15, 0.2) is 12.4 Å². The smallest absolute Gasteiger partial charge is 0.329 e. The normalized spacial score (nSPS) is 14.1. The molecular weight excluding hydrogens is 446 g/mol. The number of carbonyl (C=O) groups excluding carboxylic acids is 3. The highest BCUT2D eigenvalue weighted by Gasteiger charge is 2.25. The largest absolute Gasteiger partial charge is 0.459 e. The number of amides is 2. The maximum absolute atomic E-state index is 12.8. The Morgan fingerprint density at radius 1 is 0.914 bits per heavy atom. The zero-order chi connectivity index (χ0) is 24.5. The molecule has 1 saturated heterocycles. The summed E-state index contributed by atoms with van der Waals surface area (Å²) in [5, 5.41) is 5.38. The topological polar surface area (TPSA) is 101 Å². The molecule has 0 unspecified atom stereocenters. The van der Waals surface area contributed by atoms with Crippen molar-refractivity contribution in [2.45, 2.75) is 31.7 Å². The predicted molar refractivity (Wildman–Crippen MR) is 132 cm³/mol. The van der Waals surface area contributed by atoms with Crippen molar-refractivity contribution >= 4 is 29.2 Å². The van der Waals surface area contributed by atoms with Crippen molar-refractivity contribution in [3.05, 3.63) is 84.3 Å². The van der Waals surface area contributed by atoms with Crippen molar-refractivity contribution in [2.24, 2.45) is 0 Å². The molecule has 0 spiro atoms. The molecule has 35 heavy (non-hydrogen) atoms. The minimum Gasteiger partial charge on any atom is -0.459 e. The first-order valence-electron chi connectivity index (χ1n) is 11.8. The fraction of sp³-hybridized carbons (Fsp3) is 0.296. The molecule has 182 valence electrons. The number of hydrogen-bond acceptors (Lipinski definition) is 6. The van der Waals surface area contributed by atoms with Crippen LogP contribution in [0.3, 0.4) is 0 Å². The van der Waals surface area contributed by atoms with E-state index in [0.29, 0.717) is 5.69 Å². The number of ether oxygens (including phenoxy) is 1. The van der Waals surface area contributed by atoms with Crippen LogP contribution in [0.2, 0.25) is 0 Å². The van der Waals surface area contributed by atoms with E-state index in [-0.39, 0.29) is 12.2 Å². The number of rotatable bonds is 9. The van der Waals surface area contributed by atoms with Crippen molar-refractivity contribution in [1.29, 1.82) is 0 Å². The fourth-order valence-electron chi connectivity index (χ4n) is 4.02. The Hall–Kier alpha value is -4.07. The molecule has 0 radical (unpaired) electrons. The fourth-order valence-corrected chi connectivity index (χ4v) is 4.02. The van der Waals surface area contributed by atoms with Crippen molar-refractivity contribution in [3.8, 4) is 0 Å². The van der Waals surface area contributed by atoms with Crippen LogP contribution in [-0.2, 0) is 20.7 Å². The van der Waals surface area contributed by atoms with Crippen LogP contribution in [0.1, 0.15) is 35.4 Å². The van der Waals surface area contributed by atoms with Gasteiger partial charge in [0, 0.05) is 30.9 Å². The van der Waals surface area contributed by atoms with Gasteiger partial charge in [-0.1, -0.05) is 30.3 Å². The zero-order valence-corrected chi connectivity index (χ0v) is 19.4. The van der Waals surface area contributed by atoms with Crippen LogP contribution in [0, 0.1) is 0 Å². The molecule has 2 aromatic carbocycles. The van der Waals surface area contributed by atoms with Crippen LogP contribution < -0.4 is 15.5 Å². The van der Waals surface area contributed by atoms with E-state index < -0.39 is 30.4 Å². The SMILES string of the molecule is O=C(COC(=O)[C@H](Cc1ccccc1)NC(=O)c1ccco1)Nc1ccc(N2CCCCC2)cc1. The molecule has 0 saturated carbocycles. The molecule has 1 aliphatic heterocycles. The van der Waals surface area contributed by atoms with Crippen LogP contribution in [0.15, 0.2) is 77.4 Å². The maximum atomic E-state index is 12.8. The maximum Gasteiger partial charge on any atom is 0.329 e. The van der Waals surface area contributed by atoms with Gasteiger partial charge in [0.25, 0.3) is 11.8 Å². The van der Waals surface area contributed by atoms with Gasteiger partial charge in [-0.25, -0.2) is 4.79 Å². The molecule has 2 N–H and O–H groups in total. The van der Waals surface area contributed by atoms with Gasteiger partial charge < -0.3 is 24.7 Å². The summed E-state index contributed by atoms with van der Waals surface area (Å²) in [5.41, 5.74) is 2.59. The third kappa shape index (κ3) is 6.96. The number of esters is 1. The molecule has 3 aromatic rings. The lowest BCUT2D eigenvalue weighted by Gasteiger charge is -2.28. The monoisotopic (exact) mass is 475 g/mol. The number of benzene rings is 2. The van der Waals surface area contributed by atoms with E-state index in [4.69, 9.17) is 9.15 Å². The summed E-state index contributed by atoms with van der Waals surface area (Å²) in [4.78, 5) is 39.9. The Morgan fingerprint density at radius 3 is 2.34 bits per heavy atom. The Morgan fingerprint density at radius 2 is 1.66 bits per heavy atom. The lowest BCUT2D eigenvalue weighted by molar-refractivity contribution is -0.149. The van der Waals surface area contributed by atoms with Gasteiger partial charge in [-0.15, -0.1) is 0 Å². The molecule has 0 aliphatic carbocycles. The molecule has 0 bridgehead atoms. The summed E-state index contributed by atoms with van der Waals surface area (Å²) in [7, 11) is 0. The van der Waals surface area contributed by atoms with E-state index in [1.807, 2.05) is 54.6 Å². The number of piperidine rings is 1. The third-order valence-electron chi connectivity index (χ3n) is 5.84. The molecule has 1 atom stereocenters. The Labute approximate surface area is 204 Å². The lowest BCUT2D eigenvalue weighted by atomic mass is 10.1.